The van der Waals surface area contributed by atoms with E-state index in [-0.39, 0.29) is 5.41 Å². The molecule has 0 atom stereocenters. The molecular weight excluding hydrogens is 416 g/mol. The van der Waals surface area contributed by atoms with Crippen LogP contribution >= 0.6 is 11.3 Å². The van der Waals surface area contributed by atoms with Crippen LogP contribution < -0.4 is 0 Å². The summed E-state index contributed by atoms with van der Waals surface area (Å²) in [5, 5.41) is 2.86. The minimum absolute atomic E-state index is 0.164. The standard InChI is InChI=1S/C32H34S/c1-31(2,3)25-11-12-28-27(16-25)30-26(5-4-6-29(30)33-28)23-7-9-24(10-8-23)32-17-20-13-21(18-32)15-22(14-20)19-32/h4-12,16,20-22H,13-15,17-19H2,1-3H3. The van der Waals surface area contributed by atoms with Crippen molar-refractivity contribution < 1.29 is 0 Å². The van der Waals surface area contributed by atoms with Crippen LogP contribution in [0.3, 0.4) is 0 Å². The zero-order valence-electron chi connectivity index (χ0n) is 20.2. The largest absolute Gasteiger partial charge is 0.135 e. The molecule has 0 spiro atoms. The van der Waals surface area contributed by atoms with Crippen molar-refractivity contribution >= 4 is 31.5 Å². The van der Waals surface area contributed by atoms with Gasteiger partial charge in [-0.05, 0) is 108 Å². The molecule has 0 radical (unpaired) electrons. The molecule has 0 aliphatic heterocycles. The lowest BCUT2D eigenvalue weighted by Crippen LogP contribution is -2.48. The first-order valence-corrected chi connectivity index (χ1v) is 13.8. The van der Waals surface area contributed by atoms with Gasteiger partial charge in [0.25, 0.3) is 0 Å². The van der Waals surface area contributed by atoms with Gasteiger partial charge < -0.3 is 0 Å². The van der Waals surface area contributed by atoms with Gasteiger partial charge in [0.15, 0.2) is 0 Å². The Kier molecular flexibility index (Phi) is 4.27. The van der Waals surface area contributed by atoms with E-state index in [1.54, 1.807) is 5.56 Å². The Morgan fingerprint density at radius 2 is 1.42 bits per heavy atom. The molecule has 1 heterocycles. The van der Waals surface area contributed by atoms with E-state index >= 15 is 0 Å². The number of rotatable bonds is 2. The molecule has 8 rings (SSSR count). The number of benzene rings is 3. The maximum Gasteiger partial charge on any atom is 0.0361 e. The molecule has 4 fully saturated rings. The molecule has 4 saturated carbocycles. The molecule has 0 N–H and O–H groups in total. The Morgan fingerprint density at radius 1 is 0.758 bits per heavy atom. The lowest BCUT2D eigenvalue weighted by Gasteiger charge is -2.57. The van der Waals surface area contributed by atoms with Crippen molar-refractivity contribution in [2.24, 2.45) is 17.8 Å². The molecule has 3 aromatic carbocycles. The summed E-state index contributed by atoms with van der Waals surface area (Å²) in [6.45, 7) is 6.94. The number of fused-ring (bicyclic) bond motifs is 3. The SMILES string of the molecule is CC(C)(C)c1ccc2sc3cccc(-c4ccc(C56CC7CC(CC(C7)C5)C6)cc4)c3c2c1. The summed E-state index contributed by atoms with van der Waals surface area (Å²) in [5.41, 5.74) is 6.45. The highest BCUT2D eigenvalue weighted by Crippen LogP contribution is 2.60. The average Bonchev–Trinajstić information content (AvgIpc) is 3.16. The number of hydrogen-bond acceptors (Lipinski definition) is 1. The van der Waals surface area contributed by atoms with E-state index in [0.29, 0.717) is 5.41 Å². The molecule has 4 aliphatic rings. The fraction of sp³-hybridized carbons (Fsp3) is 0.438. The quantitative estimate of drug-likeness (QED) is 0.285. The van der Waals surface area contributed by atoms with Crippen LogP contribution in [-0.4, -0.2) is 0 Å². The van der Waals surface area contributed by atoms with Crippen LogP contribution in [0.15, 0.2) is 60.7 Å². The predicted molar refractivity (Wildman–Crippen MR) is 143 cm³/mol. The maximum atomic E-state index is 2.50. The van der Waals surface area contributed by atoms with Gasteiger partial charge in [0.2, 0.25) is 0 Å². The van der Waals surface area contributed by atoms with Gasteiger partial charge in [0, 0.05) is 20.2 Å². The number of hydrogen-bond donors (Lipinski definition) is 0. The zero-order valence-corrected chi connectivity index (χ0v) is 21.0. The molecular formula is C32H34S. The van der Waals surface area contributed by atoms with E-state index in [0.717, 1.165) is 17.8 Å². The van der Waals surface area contributed by atoms with Gasteiger partial charge in [-0.25, -0.2) is 0 Å². The third-order valence-electron chi connectivity index (χ3n) is 9.21. The third kappa shape index (κ3) is 3.15. The molecule has 0 unspecified atom stereocenters. The summed E-state index contributed by atoms with van der Waals surface area (Å²) in [4.78, 5) is 0. The van der Waals surface area contributed by atoms with Crippen LogP contribution in [0.5, 0.6) is 0 Å². The highest BCUT2D eigenvalue weighted by Gasteiger charge is 2.51. The fourth-order valence-electron chi connectivity index (χ4n) is 8.00. The van der Waals surface area contributed by atoms with Gasteiger partial charge in [-0.2, -0.15) is 0 Å². The van der Waals surface area contributed by atoms with Crippen molar-refractivity contribution in [1.29, 1.82) is 0 Å². The first kappa shape index (κ1) is 20.3. The number of thiophene rings is 1. The second-order valence-corrected chi connectivity index (χ2v) is 13.6. The van der Waals surface area contributed by atoms with Crippen molar-refractivity contribution in [2.75, 3.05) is 0 Å². The van der Waals surface area contributed by atoms with E-state index in [1.165, 1.54) is 75.4 Å². The zero-order chi connectivity index (χ0) is 22.4. The summed E-state index contributed by atoms with van der Waals surface area (Å²) in [5.74, 6) is 3.00. The van der Waals surface area contributed by atoms with E-state index in [4.69, 9.17) is 0 Å². The Bertz CT molecular complexity index is 1330. The van der Waals surface area contributed by atoms with E-state index in [2.05, 4.69) is 81.4 Å². The summed E-state index contributed by atoms with van der Waals surface area (Å²) in [6.07, 6.45) is 8.87. The van der Waals surface area contributed by atoms with Gasteiger partial charge in [-0.3, -0.25) is 0 Å². The molecule has 4 aromatic rings. The summed E-state index contributed by atoms with van der Waals surface area (Å²) < 4.78 is 2.80. The van der Waals surface area contributed by atoms with E-state index in [9.17, 15) is 0 Å². The highest BCUT2D eigenvalue weighted by molar-refractivity contribution is 7.25. The molecule has 4 aliphatic carbocycles. The van der Waals surface area contributed by atoms with E-state index < -0.39 is 0 Å². The van der Waals surface area contributed by atoms with Gasteiger partial charge in [0.1, 0.15) is 0 Å². The normalized spacial score (nSPS) is 28.8. The summed E-state index contributed by atoms with van der Waals surface area (Å²) in [7, 11) is 0. The molecule has 4 bridgehead atoms. The fourth-order valence-corrected chi connectivity index (χ4v) is 9.11. The smallest absolute Gasteiger partial charge is 0.0361 e. The minimum Gasteiger partial charge on any atom is -0.135 e. The van der Waals surface area contributed by atoms with E-state index in [1.807, 2.05) is 11.3 Å². The molecule has 0 amide bonds. The molecule has 1 heteroatoms. The molecule has 0 saturated heterocycles. The Labute approximate surface area is 202 Å². The van der Waals surface area contributed by atoms with Crippen molar-refractivity contribution in [3.63, 3.8) is 0 Å². The predicted octanol–water partition coefficient (Wildman–Crippen LogP) is 9.49. The molecule has 1 aromatic heterocycles. The topological polar surface area (TPSA) is 0 Å². The van der Waals surface area contributed by atoms with Gasteiger partial charge >= 0.3 is 0 Å². The van der Waals surface area contributed by atoms with Gasteiger partial charge in [-0.1, -0.05) is 63.2 Å². The van der Waals surface area contributed by atoms with Crippen LogP contribution in [0.25, 0.3) is 31.3 Å². The molecule has 33 heavy (non-hydrogen) atoms. The van der Waals surface area contributed by atoms with Gasteiger partial charge in [-0.15, -0.1) is 11.3 Å². The van der Waals surface area contributed by atoms with Crippen LogP contribution in [0.1, 0.15) is 70.4 Å². The Balaban J connectivity index is 1.33. The molecule has 0 nitrogen and oxygen atoms in total. The second kappa shape index (κ2) is 6.95. The Hall–Kier alpha value is -2.12. The van der Waals surface area contributed by atoms with Crippen molar-refractivity contribution in [1.82, 2.24) is 0 Å². The van der Waals surface area contributed by atoms with Crippen LogP contribution in [0.4, 0.5) is 0 Å². The lowest BCUT2D eigenvalue weighted by atomic mass is 9.48. The molecule has 168 valence electrons. The summed E-state index contributed by atoms with van der Waals surface area (Å²) >= 11 is 1.93. The van der Waals surface area contributed by atoms with Crippen molar-refractivity contribution in [3.05, 3.63) is 71.8 Å². The maximum absolute atomic E-state index is 2.50. The first-order valence-electron chi connectivity index (χ1n) is 12.9. The second-order valence-electron chi connectivity index (χ2n) is 12.5. The third-order valence-corrected chi connectivity index (χ3v) is 10.3. The summed E-state index contributed by atoms with van der Waals surface area (Å²) in [6, 6.07) is 23.8. The van der Waals surface area contributed by atoms with Crippen molar-refractivity contribution in [2.45, 2.75) is 70.1 Å². The first-order chi connectivity index (χ1) is 15.9. The van der Waals surface area contributed by atoms with Crippen LogP contribution in [0, 0.1) is 17.8 Å². The van der Waals surface area contributed by atoms with Gasteiger partial charge in [0.05, 0.1) is 0 Å². The lowest BCUT2D eigenvalue weighted by molar-refractivity contribution is -0.00518. The van der Waals surface area contributed by atoms with Crippen LogP contribution in [-0.2, 0) is 10.8 Å². The highest BCUT2D eigenvalue weighted by atomic mass is 32.1. The monoisotopic (exact) mass is 450 g/mol. The van der Waals surface area contributed by atoms with Crippen molar-refractivity contribution in [3.8, 4) is 11.1 Å². The van der Waals surface area contributed by atoms with Crippen LogP contribution in [0.2, 0.25) is 0 Å². The minimum atomic E-state index is 0.164. The average molecular weight is 451 g/mol. The Morgan fingerprint density at radius 3 is 2.06 bits per heavy atom.